The van der Waals surface area contributed by atoms with Crippen LogP contribution in [0.4, 0.5) is 0 Å². The third-order valence-electron chi connectivity index (χ3n) is 4.90. The highest BCUT2D eigenvalue weighted by atomic mass is 16.2. The van der Waals surface area contributed by atoms with Crippen LogP contribution in [-0.4, -0.2) is 53.4 Å². The molecule has 3 rings (SSSR count). The maximum absolute atomic E-state index is 13.3. The van der Waals surface area contributed by atoms with Gasteiger partial charge in [-0.25, -0.2) is 4.98 Å². The van der Waals surface area contributed by atoms with Crippen LogP contribution < -0.4 is 0 Å². The van der Waals surface area contributed by atoms with E-state index in [2.05, 4.69) is 27.0 Å². The number of H-pyrrole nitrogens is 1. The van der Waals surface area contributed by atoms with Crippen LogP contribution in [0.3, 0.4) is 0 Å². The number of carbonyl (C=O) groups is 1. The van der Waals surface area contributed by atoms with Crippen molar-refractivity contribution in [3.8, 4) is 11.3 Å². The maximum atomic E-state index is 13.3. The summed E-state index contributed by atoms with van der Waals surface area (Å²) < 4.78 is 0. The number of amides is 1. The van der Waals surface area contributed by atoms with Crippen molar-refractivity contribution in [3.05, 3.63) is 77.2 Å². The quantitative estimate of drug-likeness (QED) is 0.706. The van der Waals surface area contributed by atoms with Gasteiger partial charge in [-0.2, -0.15) is 0 Å². The number of carbonyl (C=O) groups excluding carboxylic acids is 1. The molecule has 1 heterocycles. The minimum Gasteiger partial charge on any atom is -0.346 e. The number of imidazole rings is 1. The van der Waals surface area contributed by atoms with E-state index in [1.807, 2.05) is 82.4 Å². The molecule has 5 nitrogen and oxygen atoms in total. The standard InChI is InChI=1S/C23H28N4O/c1-16-22(25-17(2)24-16)19-12-9-13-20(14-19)23(28)27(5)21(15-26(3)4)18-10-7-6-8-11-18/h6-14,21H,15H2,1-5H3,(H,24,25)/t21-/m0/s1. The van der Waals surface area contributed by atoms with Crippen molar-refractivity contribution in [1.29, 1.82) is 0 Å². The van der Waals surface area contributed by atoms with Crippen molar-refractivity contribution in [1.82, 2.24) is 19.8 Å². The first-order valence-corrected chi connectivity index (χ1v) is 9.47. The summed E-state index contributed by atoms with van der Waals surface area (Å²) in [7, 11) is 5.93. The van der Waals surface area contributed by atoms with E-state index in [1.54, 1.807) is 0 Å². The SMILES string of the molecule is Cc1nc(-c2cccc(C(=O)N(C)[C@@H](CN(C)C)c3ccccc3)c2)c(C)[nH]1. The molecule has 1 amide bonds. The minimum atomic E-state index is -0.0262. The highest BCUT2D eigenvalue weighted by Crippen LogP contribution is 2.25. The molecule has 0 saturated carbocycles. The Morgan fingerprint density at radius 1 is 1.04 bits per heavy atom. The number of benzene rings is 2. The molecule has 0 aliphatic heterocycles. The fraction of sp³-hybridized carbons (Fsp3) is 0.304. The van der Waals surface area contributed by atoms with E-state index in [-0.39, 0.29) is 11.9 Å². The molecule has 0 spiro atoms. The zero-order valence-corrected chi connectivity index (χ0v) is 17.2. The fourth-order valence-electron chi connectivity index (χ4n) is 3.51. The lowest BCUT2D eigenvalue weighted by Gasteiger charge is -2.31. The average molecular weight is 377 g/mol. The van der Waals surface area contributed by atoms with E-state index in [4.69, 9.17) is 0 Å². The largest absolute Gasteiger partial charge is 0.346 e. The number of aromatic nitrogens is 2. The number of hydrogen-bond acceptors (Lipinski definition) is 3. The minimum absolute atomic E-state index is 0.00228. The Balaban J connectivity index is 1.91. The Hall–Kier alpha value is -2.92. The topological polar surface area (TPSA) is 52.2 Å². The molecule has 0 aliphatic carbocycles. The first kappa shape index (κ1) is 19.8. The van der Waals surface area contributed by atoms with Gasteiger partial charge in [-0.15, -0.1) is 0 Å². The molecule has 0 fully saturated rings. The summed E-state index contributed by atoms with van der Waals surface area (Å²) in [5, 5.41) is 0. The van der Waals surface area contributed by atoms with Gasteiger partial charge in [0.25, 0.3) is 5.91 Å². The van der Waals surface area contributed by atoms with E-state index in [9.17, 15) is 4.79 Å². The van der Waals surface area contributed by atoms with Gasteiger partial charge in [0, 0.05) is 30.4 Å². The van der Waals surface area contributed by atoms with Crippen molar-refractivity contribution < 1.29 is 4.79 Å². The average Bonchev–Trinajstić information content (AvgIpc) is 3.03. The van der Waals surface area contributed by atoms with Gasteiger partial charge in [-0.3, -0.25) is 4.79 Å². The Kier molecular flexibility index (Phi) is 5.95. The van der Waals surface area contributed by atoms with Crippen LogP contribution in [0.5, 0.6) is 0 Å². The number of rotatable bonds is 6. The number of aryl methyl sites for hydroxylation is 2. The van der Waals surface area contributed by atoms with E-state index in [0.29, 0.717) is 5.56 Å². The van der Waals surface area contributed by atoms with Crippen LogP contribution in [0.15, 0.2) is 54.6 Å². The molecule has 1 aromatic heterocycles. The van der Waals surface area contributed by atoms with Crippen molar-refractivity contribution in [2.24, 2.45) is 0 Å². The highest BCUT2D eigenvalue weighted by molar-refractivity contribution is 5.95. The fourth-order valence-corrected chi connectivity index (χ4v) is 3.51. The number of likely N-dealkylation sites (N-methyl/N-ethyl adjacent to an activating group) is 2. The Bertz CT molecular complexity index is 946. The summed E-state index contributed by atoms with van der Waals surface area (Å²) in [5.41, 5.74) is 4.64. The van der Waals surface area contributed by atoms with Gasteiger partial charge in [0.15, 0.2) is 0 Å². The number of nitrogens with one attached hydrogen (secondary N) is 1. The van der Waals surface area contributed by atoms with Crippen molar-refractivity contribution in [2.45, 2.75) is 19.9 Å². The zero-order valence-electron chi connectivity index (χ0n) is 17.2. The van der Waals surface area contributed by atoms with Gasteiger partial charge >= 0.3 is 0 Å². The molecule has 146 valence electrons. The molecule has 1 N–H and O–H groups in total. The predicted molar refractivity (Wildman–Crippen MR) is 113 cm³/mol. The normalized spacial score (nSPS) is 12.2. The molecule has 0 unspecified atom stereocenters. The second-order valence-electron chi connectivity index (χ2n) is 7.48. The summed E-state index contributed by atoms with van der Waals surface area (Å²) in [6, 6.07) is 17.9. The van der Waals surface area contributed by atoms with Gasteiger partial charge in [0.2, 0.25) is 0 Å². The molecule has 5 heteroatoms. The van der Waals surface area contributed by atoms with Crippen LogP contribution in [0.25, 0.3) is 11.3 Å². The lowest BCUT2D eigenvalue weighted by Crippen LogP contribution is -2.37. The molecule has 0 bridgehead atoms. The second-order valence-corrected chi connectivity index (χ2v) is 7.48. The van der Waals surface area contributed by atoms with E-state index >= 15 is 0 Å². The van der Waals surface area contributed by atoms with Gasteiger partial charge in [-0.1, -0.05) is 42.5 Å². The third kappa shape index (κ3) is 4.31. The molecular formula is C23H28N4O. The van der Waals surface area contributed by atoms with Crippen LogP contribution in [0, 0.1) is 13.8 Å². The molecule has 0 aliphatic rings. The van der Waals surface area contributed by atoms with Crippen LogP contribution in [-0.2, 0) is 0 Å². The zero-order chi connectivity index (χ0) is 20.3. The van der Waals surface area contributed by atoms with E-state index in [0.717, 1.165) is 34.9 Å². The molecule has 3 aromatic rings. The number of nitrogens with zero attached hydrogens (tertiary/aromatic N) is 3. The van der Waals surface area contributed by atoms with Gasteiger partial charge in [-0.05, 0) is 45.6 Å². The van der Waals surface area contributed by atoms with Gasteiger partial charge in [0.05, 0.1) is 11.7 Å². The predicted octanol–water partition coefficient (Wildman–Crippen LogP) is 4.07. The molecular weight excluding hydrogens is 348 g/mol. The number of hydrogen-bond donors (Lipinski definition) is 1. The first-order chi connectivity index (χ1) is 13.4. The lowest BCUT2D eigenvalue weighted by atomic mass is 10.0. The third-order valence-corrected chi connectivity index (χ3v) is 4.90. The highest BCUT2D eigenvalue weighted by Gasteiger charge is 2.23. The first-order valence-electron chi connectivity index (χ1n) is 9.47. The Morgan fingerprint density at radius 3 is 2.36 bits per heavy atom. The lowest BCUT2D eigenvalue weighted by molar-refractivity contribution is 0.0705. The smallest absolute Gasteiger partial charge is 0.254 e. The summed E-state index contributed by atoms with van der Waals surface area (Å²) in [6.07, 6.45) is 0. The van der Waals surface area contributed by atoms with Crippen LogP contribution in [0.2, 0.25) is 0 Å². The van der Waals surface area contributed by atoms with Crippen LogP contribution >= 0.6 is 0 Å². The van der Waals surface area contributed by atoms with E-state index < -0.39 is 0 Å². The molecule has 0 radical (unpaired) electrons. The van der Waals surface area contributed by atoms with E-state index in [1.165, 1.54) is 0 Å². The monoisotopic (exact) mass is 376 g/mol. The Labute approximate surface area is 167 Å². The number of aromatic amines is 1. The maximum Gasteiger partial charge on any atom is 0.254 e. The van der Waals surface area contributed by atoms with Crippen molar-refractivity contribution in [2.75, 3.05) is 27.7 Å². The molecule has 0 saturated heterocycles. The summed E-state index contributed by atoms with van der Waals surface area (Å²) in [4.78, 5) is 25.0. The molecule has 1 atom stereocenters. The Morgan fingerprint density at radius 2 is 1.75 bits per heavy atom. The van der Waals surface area contributed by atoms with Gasteiger partial charge in [0.1, 0.15) is 5.82 Å². The van der Waals surface area contributed by atoms with Crippen LogP contribution in [0.1, 0.15) is 33.5 Å². The molecule has 28 heavy (non-hydrogen) atoms. The summed E-state index contributed by atoms with van der Waals surface area (Å²) in [6.45, 7) is 4.69. The second kappa shape index (κ2) is 8.40. The summed E-state index contributed by atoms with van der Waals surface area (Å²) >= 11 is 0. The van der Waals surface area contributed by atoms with Crippen molar-refractivity contribution >= 4 is 5.91 Å². The van der Waals surface area contributed by atoms with Crippen molar-refractivity contribution in [3.63, 3.8) is 0 Å². The summed E-state index contributed by atoms with van der Waals surface area (Å²) in [5.74, 6) is 0.874. The van der Waals surface area contributed by atoms with Gasteiger partial charge < -0.3 is 14.8 Å². The molecule has 2 aromatic carbocycles.